The van der Waals surface area contributed by atoms with Crippen molar-refractivity contribution in [2.45, 2.75) is 37.3 Å². The smallest absolute Gasteiger partial charge is 0.261 e. The summed E-state index contributed by atoms with van der Waals surface area (Å²) in [7, 11) is -3.58. The lowest BCUT2D eigenvalue weighted by Gasteiger charge is -2.30. The minimum Gasteiger partial charge on any atom is -0.376 e. The van der Waals surface area contributed by atoms with Gasteiger partial charge in [-0.2, -0.15) is 9.40 Å². The van der Waals surface area contributed by atoms with Gasteiger partial charge in [0, 0.05) is 31.5 Å². The minimum atomic E-state index is -3.58. The monoisotopic (exact) mass is 443 g/mol. The number of aromatic amines is 1. The maximum Gasteiger partial charge on any atom is 0.261 e. The van der Waals surface area contributed by atoms with Gasteiger partial charge in [-0.1, -0.05) is 0 Å². The average Bonchev–Trinajstić information content (AvgIpc) is 3.50. The molecule has 0 radical (unpaired) electrons. The van der Waals surface area contributed by atoms with Gasteiger partial charge in [0.15, 0.2) is 5.82 Å². The first kappa shape index (κ1) is 20.2. The number of aromatic nitrogens is 3. The van der Waals surface area contributed by atoms with Crippen molar-refractivity contribution in [3.8, 4) is 0 Å². The van der Waals surface area contributed by atoms with E-state index in [1.165, 1.54) is 17.1 Å². The Hall–Kier alpha value is -2.69. The van der Waals surface area contributed by atoms with Crippen LogP contribution in [0.15, 0.2) is 46.2 Å². The van der Waals surface area contributed by atoms with E-state index < -0.39 is 10.0 Å². The van der Waals surface area contributed by atoms with Crippen molar-refractivity contribution in [1.82, 2.24) is 19.1 Å². The number of hydrogen-bond acceptors (Lipinski definition) is 6. The number of ether oxygens (including phenoxy) is 1. The maximum absolute atomic E-state index is 12.9. The number of sulfonamides is 1. The van der Waals surface area contributed by atoms with Gasteiger partial charge < -0.3 is 15.0 Å². The number of morpholine rings is 1. The zero-order valence-electron chi connectivity index (χ0n) is 17.2. The number of benzene rings is 1. The van der Waals surface area contributed by atoms with Crippen molar-refractivity contribution < 1.29 is 13.2 Å². The van der Waals surface area contributed by atoms with E-state index in [0.717, 1.165) is 12.1 Å². The van der Waals surface area contributed by atoms with Gasteiger partial charge in [-0.25, -0.2) is 8.42 Å². The van der Waals surface area contributed by atoms with Gasteiger partial charge in [-0.15, -0.1) is 0 Å². The van der Waals surface area contributed by atoms with E-state index in [9.17, 15) is 13.2 Å². The van der Waals surface area contributed by atoms with E-state index in [1.807, 2.05) is 17.7 Å². The first-order valence-electron chi connectivity index (χ1n) is 10.5. The molecule has 3 aromatic rings. The molecule has 31 heavy (non-hydrogen) atoms. The summed E-state index contributed by atoms with van der Waals surface area (Å²) in [4.78, 5) is 15.4. The van der Waals surface area contributed by atoms with E-state index in [-0.39, 0.29) is 16.6 Å². The summed E-state index contributed by atoms with van der Waals surface area (Å²) in [5, 5.41) is 8.31. The molecule has 1 aliphatic heterocycles. The third-order valence-corrected chi connectivity index (χ3v) is 7.64. The molecular weight excluding hydrogens is 418 g/mol. The molecule has 0 spiro atoms. The number of nitrogens with one attached hydrogen (secondary N) is 2. The van der Waals surface area contributed by atoms with E-state index in [4.69, 9.17) is 4.74 Å². The van der Waals surface area contributed by atoms with Crippen molar-refractivity contribution in [3.05, 3.63) is 46.9 Å². The second-order valence-corrected chi connectivity index (χ2v) is 10.2. The number of H-pyrrole nitrogens is 1. The van der Waals surface area contributed by atoms with Gasteiger partial charge in [0.05, 0.1) is 23.1 Å². The molecule has 5 rings (SSSR count). The summed E-state index contributed by atoms with van der Waals surface area (Å²) in [5.41, 5.74) is 1.25. The number of hydrogen-bond donors (Lipinski definition) is 2. The molecule has 3 heterocycles. The lowest BCUT2D eigenvalue weighted by Crippen LogP contribution is -2.44. The highest BCUT2D eigenvalue weighted by molar-refractivity contribution is 7.89. The molecule has 1 aliphatic carbocycles. The molecule has 1 aromatic carbocycles. The molecular formula is C21H25N5O4S. The van der Waals surface area contributed by atoms with Crippen LogP contribution < -0.4 is 10.9 Å². The molecule has 0 amide bonds. The van der Waals surface area contributed by atoms with Crippen LogP contribution in [0.25, 0.3) is 10.9 Å². The van der Waals surface area contributed by atoms with Gasteiger partial charge >= 0.3 is 0 Å². The van der Waals surface area contributed by atoms with Crippen molar-refractivity contribution in [2.75, 3.05) is 25.0 Å². The Kier molecular flexibility index (Phi) is 5.07. The van der Waals surface area contributed by atoms with Crippen LogP contribution in [0.3, 0.4) is 0 Å². The molecule has 0 bridgehead atoms. The molecule has 2 fully saturated rings. The first-order chi connectivity index (χ1) is 14.9. The standard InChI is InChI=1S/C21H25N5O4S/c1-14-12-25(10-11-30-14)31(28,29)17-6-4-16(5-7-17)23-20-19-18(8-9-22-21(19)27)26(24-20)13-15-2-3-15/h4-9,14-15H,2-3,10-13H2,1H3,(H,22,27)(H,23,24). The van der Waals surface area contributed by atoms with Crippen LogP contribution in [-0.2, 0) is 21.3 Å². The van der Waals surface area contributed by atoms with Gasteiger partial charge in [-0.3, -0.25) is 9.48 Å². The highest BCUT2D eigenvalue weighted by Gasteiger charge is 2.29. The lowest BCUT2D eigenvalue weighted by atomic mass is 10.3. The Labute approximate surface area is 180 Å². The number of nitrogens with zero attached hydrogens (tertiary/aromatic N) is 3. The summed E-state index contributed by atoms with van der Waals surface area (Å²) < 4.78 is 34.6. The molecule has 1 unspecified atom stereocenters. The van der Waals surface area contributed by atoms with E-state index in [1.54, 1.807) is 30.5 Å². The van der Waals surface area contributed by atoms with E-state index >= 15 is 0 Å². The quantitative estimate of drug-likeness (QED) is 0.605. The van der Waals surface area contributed by atoms with Gasteiger partial charge in [-0.05, 0) is 56.0 Å². The number of rotatable bonds is 6. The lowest BCUT2D eigenvalue weighted by molar-refractivity contribution is 0.0102. The Morgan fingerprint density at radius 1 is 1.23 bits per heavy atom. The Balaban J connectivity index is 1.41. The van der Waals surface area contributed by atoms with Crippen LogP contribution in [0.5, 0.6) is 0 Å². The summed E-state index contributed by atoms with van der Waals surface area (Å²) >= 11 is 0. The Bertz CT molecular complexity index is 1260. The zero-order valence-corrected chi connectivity index (χ0v) is 18.1. The fourth-order valence-corrected chi connectivity index (χ4v) is 5.41. The van der Waals surface area contributed by atoms with Crippen LogP contribution >= 0.6 is 0 Å². The van der Waals surface area contributed by atoms with Gasteiger partial charge in [0.2, 0.25) is 10.0 Å². The van der Waals surface area contributed by atoms with Crippen LogP contribution in [0.4, 0.5) is 11.5 Å². The number of pyridine rings is 1. The third-order valence-electron chi connectivity index (χ3n) is 5.76. The minimum absolute atomic E-state index is 0.124. The highest BCUT2D eigenvalue weighted by Crippen LogP contribution is 2.32. The molecule has 10 heteroatoms. The topological polar surface area (TPSA) is 109 Å². The van der Waals surface area contributed by atoms with Gasteiger partial charge in [0.25, 0.3) is 5.56 Å². The molecule has 1 saturated carbocycles. The molecule has 2 aromatic heterocycles. The van der Waals surface area contributed by atoms with Crippen LogP contribution in [-0.4, -0.2) is 53.3 Å². The predicted molar refractivity (Wildman–Crippen MR) is 117 cm³/mol. The second kappa shape index (κ2) is 7.77. The summed E-state index contributed by atoms with van der Waals surface area (Å²) in [6, 6.07) is 8.40. The molecule has 2 aliphatic rings. The normalized spacial score (nSPS) is 20.2. The largest absolute Gasteiger partial charge is 0.376 e. The molecule has 9 nitrogen and oxygen atoms in total. The Morgan fingerprint density at radius 2 is 2.00 bits per heavy atom. The zero-order chi connectivity index (χ0) is 21.6. The molecule has 2 N–H and O–H groups in total. The average molecular weight is 444 g/mol. The fraction of sp³-hybridized carbons (Fsp3) is 0.429. The van der Waals surface area contributed by atoms with Crippen LogP contribution in [0.2, 0.25) is 0 Å². The summed E-state index contributed by atoms with van der Waals surface area (Å²) in [6.07, 6.45) is 3.88. The Morgan fingerprint density at radius 3 is 2.71 bits per heavy atom. The van der Waals surface area contributed by atoms with Crippen LogP contribution in [0.1, 0.15) is 19.8 Å². The highest BCUT2D eigenvalue weighted by atomic mass is 32.2. The molecule has 1 saturated heterocycles. The fourth-order valence-electron chi connectivity index (χ4n) is 3.91. The number of anilines is 2. The first-order valence-corrected chi connectivity index (χ1v) is 11.9. The van der Waals surface area contributed by atoms with Crippen molar-refractivity contribution in [2.24, 2.45) is 5.92 Å². The van der Waals surface area contributed by atoms with Crippen molar-refractivity contribution in [1.29, 1.82) is 0 Å². The van der Waals surface area contributed by atoms with Crippen LogP contribution in [0, 0.1) is 5.92 Å². The summed E-state index contributed by atoms with van der Waals surface area (Å²) in [5.74, 6) is 1.08. The van der Waals surface area contributed by atoms with E-state index in [2.05, 4.69) is 15.4 Å². The van der Waals surface area contributed by atoms with Crippen molar-refractivity contribution in [3.63, 3.8) is 0 Å². The molecule has 164 valence electrons. The van der Waals surface area contributed by atoms with Crippen molar-refractivity contribution >= 4 is 32.4 Å². The van der Waals surface area contributed by atoms with Gasteiger partial charge in [0.1, 0.15) is 5.39 Å². The third kappa shape index (κ3) is 3.98. The predicted octanol–water partition coefficient (Wildman–Crippen LogP) is 2.29. The SMILES string of the molecule is CC1CN(S(=O)(=O)c2ccc(Nc3nn(CC4CC4)c4cc[nH]c(=O)c34)cc2)CCO1. The molecule has 1 atom stereocenters. The number of fused-ring (bicyclic) bond motifs is 1. The second-order valence-electron chi connectivity index (χ2n) is 8.23. The summed E-state index contributed by atoms with van der Waals surface area (Å²) in [6.45, 7) is 3.74. The van der Waals surface area contributed by atoms with E-state index in [0.29, 0.717) is 42.5 Å². The maximum atomic E-state index is 12.9.